The van der Waals surface area contributed by atoms with E-state index in [9.17, 15) is 9.18 Å². The highest BCUT2D eigenvalue weighted by molar-refractivity contribution is 5.92. The summed E-state index contributed by atoms with van der Waals surface area (Å²) in [6.07, 6.45) is 0. The number of hydrogen-bond donors (Lipinski definition) is 1. The molecule has 1 rings (SSSR count). The van der Waals surface area contributed by atoms with Gasteiger partial charge in [0.1, 0.15) is 11.9 Å². The van der Waals surface area contributed by atoms with Crippen LogP contribution < -0.4 is 0 Å². The molecule has 0 atom stereocenters. The summed E-state index contributed by atoms with van der Waals surface area (Å²) in [6.45, 7) is -0.639. The lowest BCUT2D eigenvalue weighted by atomic mass is 10.0. The van der Waals surface area contributed by atoms with Crippen molar-refractivity contribution >= 4 is 5.97 Å². The highest BCUT2D eigenvalue weighted by Gasteiger charge is 2.17. The van der Waals surface area contributed by atoms with Crippen molar-refractivity contribution in [3.8, 4) is 6.07 Å². The van der Waals surface area contributed by atoms with Gasteiger partial charge in [-0.1, -0.05) is 0 Å². The van der Waals surface area contributed by atoms with Gasteiger partial charge < -0.3 is 9.84 Å². The smallest absolute Gasteiger partial charge is 0.339 e. The fraction of sp³-hybridized carbons (Fsp3) is 0.200. The van der Waals surface area contributed by atoms with Crippen molar-refractivity contribution in [2.24, 2.45) is 0 Å². The first-order chi connectivity index (χ1) is 7.15. The predicted molar refractivity (Wildman–Crippen MR) is 48.4 cm³/mol. The molecule has 1 N–H and O–H groups in total. The first-order valence-corrected chi connectivity index (χ1v) is 4.06. The normalized spacial score (nSPS) is 9.47. The largest absolute Gasteiger partial charge is 0.465 e. The number of methoxy groups -OCH3 is 1. The summed E-state index contributed by atoms with van der Waals surface area (Å²) in [4.78, 5) is 11.2. The Morgan fingerprint density at radius 2 is 2.33 bits per heavy atom. The van der Waals surface area contributed by atoms with Crippen LogP contribution in [0.4, 0.5) is 4.39 Å². The molecule has 0 aliphatic heterocycles. The molecule has 0 aliphatic carbocycles. The van der Waals surface area contributed by atoms with Crippen LogP contribution in [-0.2, 0) is 11.3 Å². The van der Waals surface area contributed by atoms with Crippen LogP contribution in [0.1, 0.15) is 21.5 Å². The Kier molecular flexibility index (Phi) is 3.37. The van der Waals surface area contributed by atoms with Gasteiger partial charge in [-0.3, -0.25) is 0 Å². The molecular formula is C10H8FNO3. The first kappa shape index (κ1) is 11.1. The molecule has 0 heterocycles. The Balaban J connectivity index is 3.43. The Morgan fingerprint density at radius 3 is 2.80 bits per heavy atom. The summed E-state index contributed by atoms with van der Waals surface area (Å²) in [7, 11) is 1.16. The van der Waals surface area contributed by atoms with E-state index in [1.54, 1.807) is 6.07 Å². The summed E-state index contributed by atoms with van der Waals surface area (Å²) in [6, 6.07) is 3.83. The minimum atomic E-state index is -0.735. The molecule has 0 saturated heterocycles. The van der Waals surface area contributed by atoms with Crippen LogP contribution >= 0.6 is 0 Å². The van der Waals surface area contributed by atoms with Gasteiger partial charge in [0.2, 0.25) is 0 Å². The number of rotatable bonds is 2. The molecule has 0 fully saturated rings. The van der Waals surface area contributed by atoms with E-state index in [2.05, 4.69) is 4.74 Å². The third kappa shape index (κ3) is 1.95. The van der Waals surface area contributed by atoms with E-state index in [1.165, 1.54) is 0 Å². The SMILES string of the molecule is COC(=O)c1ccc(F)c(CO)c1C#N. The number of ether oxygens (including phenoxy) is 1. The summed E-state index contributed by atoms with van der Waals surface area (Å²) in [5, 5.41) is 17.6. The third-order valence-corrected chi connectivity index (χ3v) is 1.93. The van der Waals surface area contributed by atoms with Crippen LogP contribution in [0.2, 0.25) is 0 Å². The maximum atomic E-state index is 13.1. The van der Waals surface area contributed by atoms with E-state index in [0.717, 1.165) is 19.2 Å². The van der Waals surface area contributed by atoms with E-state index in [1.807, 2.05) is 0 Å². The van der Waals surface area contributed by atoms with Crippen LogP contribution in [-0.4, -0.2) is 18.2 Å². The molecule has 0 spiro atoms. The number of nitriles is 1. The van der Waals surface area contributed by atoms with E-state index in [0.29, 0.717) is 0 Å². The van der Waals surface area contributed by atoms with Crippen LogP contribution in [0.15, 0.2) is 12.1 Å². The average molecular weight is 209 g/mol. The number of carbonyl (C=O) groups is 1. The fourth-order valence-electron chi connectivity index (χ4n) is 1.18. The molecule has 0 saturated carbocycles. The molecular weight excluding hydrogens is 201 g/mol. The van der Waals surface area contributed by atoms with Crippen molar-refractivity contribution in [1.29, 1.82) is 5.26 Å². The minimum absolute atomic E-state index is 0.0505. The zero-order valence-electron chi connectivity index (χ0n) is 7.95. The van der Waals surface area contributed by atoms with Gasteiger partial charge in [0.15, 0.2) is 0 Å². The highest BCUT2D eigenvalue weighted by atomic mass is 19.1. The van der Waals surface area contributed by atoms with Crippen LogP contribution in [0.3, 0.4) is 0 Å². The number of nitrogens with zero attached hydrogens (tertiary/aromatic N) is 1. The summed E-state index contributed by atoms with van der Waals surface area (Å²) < 4.78 is 17.5. The topological polar surface area (TPSA) is 70.3 Å². The van der Waals surface area contributed by atoms with E-state index < -0.39 is 18.4 Å². The molecule has 1 aromatic carbocycles. The maximum Gasteiger partial charge on any atom is 0.339 e. The monoisotopic (exact) mass is 209 g/mol. The molecule has 5 heteroatoms. The second kappa shape index (κ2) is 4.53. The number of esters is 1. The van der Waals surface area contributed by atoms with E-state index in [4.69, 9.17) is 10.4 Å². The number of carbonyl (C=O) groups excluding carboxylic acids is 1. The van der Waals surface area contributed by atoms with Crippen LogP contribution in [0.5, 0.6) is 0 Å². The summed E-state index contributed by atoms with van der Waals surface area (Å²) in [5.74, 6) is -1.46. The number of benzene rings is 1. The third-order valence-electron chi connectivity index (χ3n) is 1.93. The Morgan fingerprint density at radius 1 is 1.67 bits per heavy atom. The molecule has 1 aromatic rings. The van der Waals surface area contributed by atoms with Crippen LogP contribution in [0.25, 0.3) is 0 Å². The van der Waals surface area contributed by atoms with Gasteiger partial charge in [0.25, 0.3) is 0 Å². The molecule has 0 radical (unpaired) electrons. The molecule has 0 unspecified atom stereocenters. The van der Waals surface area contributed by atoms with Crippen molar-refractivity contribution in [3.63, 3.8) is 0 Å². The van der Waals surface area contributed by atoms with Crippen molar-refractivity contribution in [1.82, 2.24) is 0 Å². The number of hydrogen-bond acceptors (Lipinski definition) is 4. The molecule has 4 nitrogen and oxygen atoms in total. The van der Waals surface area contributed by atoms with Crippen LogP contribution in [0, 0.1) is 17.1 Å². The molecule has 0 aliphatic rings. The Hall–Kier alpha value is -1.93. The summed E-state index contributed by atoms with van der Waals surface area (Å²) >= 11 is 0. The van der Waals surface area contributed by atoms with Gasteiger partial charge >= 0.3 is 5.97 Å². The van der Waals surface area contributed by atoms with E-state index in [-0.39, 0.29) is 16.7 Å². The van der Waals surface area contributed by atoms with E-state index >= 15 is 0 Å². The van der Waals surface area contributed by atoms with Crippen molar-refractivity contribution in [2.75, 3.05) is 7.11 Å². The Labute approximate surface area is 85.5 Å². The van der Waals surface area contributed by atoms with Gasteiger partial charge in [-0.25, -0.2) is 9.18 Å². The van der Waals surface area contributed by atoms with Crippen molar-refractivity contribution in [2.45, 2.75) is 6.61 Å². The van der Waals surface area contributed by atoms with Crippen molar-refractivity contribution < 1.29 is 19.0 Å². The number of halogens is 1. The minimum Gasteiger partial charge on any atom is -0.465 e. The second-order valence-corrected chi connectivity index (χ2v) is 2.71. The maximum absolute atomic E-state index is 13.1. The molecule has 0 amide bonds. The predicted octanol–water partition coefficient (Wildman–Crippen LogP) is 0.976. The van der Waals surface area contributed by atoms with Gasteiger partial charge in [0.05, 0.1) is 24.8 Å². The zero-order chi connectivity index (χ0) is 11.4. The average Bonchev–Trinajstić information content (AvgIpc) is 2.27. The van der Waals surface area contributed by atoms with Crippen molar-refractivity contribution in [3.05, 3.63) is 34.6 Å². The second-order valence-electron chi connectivity index (χ2n) is 2.71. The van der Waals surface area contributed by atoms with Gasteiger partial charge in [0, 0.05) is 5.56 Å². The molecule has 0 aromatic heterocycles. The Bertz CT molecular complexity index is 437. The number of aliphatic hydroxyl groups excluding tert-OH is 1. The lowest BCUT2D eigenvalue weighted by Crippen LogP contribution is -2.08. The van der Waals surface area contributed by atoms with Gasteiger partial charge in [-0.15, -0.1) is 0 Å². The molecule has 15 heavy (non-hydrogen) atoms. The fourth-order valence-corrected chi connectivity index (χ4v) is 1.18. The lowest BCUT2D eigenvalue weighted by molar-refractivity contribution is 0.0600. The van der Waals surface area contributed by atoms with Gasteiger partial charge in [-0.05, 0) is 12.1 Å². The lowest BCUT2D eigenvalue weighted by Gasteiger charge is -2.06. The standard InChI is InChI=1S/C10H8FNO3/c1-15-10(14)6-2-3-9(11)8(5-13)7(6)4-12/h2-3,13H,5H2,1H3. The highest BCUT2D eigenvalue weighted by Crippen LogP contribution is 2.18. The first-order valence-electron chi connectivity index (χ1n) is 4.06. The summed E-state index contributed by atoms with van der Waals surface area (Å²) in [5.41, 5.74) is -0.435. The molecule has 78 valence electrons. The molecule has 0 bridgehead atoms. The zero-order valence-corrected chi connectivity index (χ0v) is 7.95. The quantitative estimate of drug-likeness (QED) is 0.737. The van der Waals surface area contributed by atoms with Gasteiger partial charge in [-0.2, -0.15) is 5.26 Å². The number of aliphatic hydroxyl groups is 1.